The van der Waals surface area contributed by atoms with E-state index in [2.05, 4.69) is 9.71 Å². The van der Waals surface area contributed by atoms with Gasteiger partial charge in [0.1, 0.15) is 5.82 Å². The zero-order valence-electron chi connectivity index (χ0n) is 15.6. The van der Waals surface area contributed by atoms with Crippen molar-refractivity contribution in [3.63, 3.8) is 0 Å². The molecule has 2 heterocycles. The molecule has 1 N–H and O–H groups in total. The SMILES string of the molecule is Cc1cc(C)nc(NS(=O)(=O)N2CCc3ccc(S(C)(=O)=O)cc3CC2)c1. The van der Waals surface area contributed by atoms with Crippen LogP contribution in [-0.2, 0) is 32.9 Å². The number of aryl methyl sites for hydroxylation is 2. The number of anilines is 1. The van der Waals surface area contributed by atoms with Gasteiger partial charge in [-0.05, 0) is 67.6 Å². The first-order valence-electron chi connectivity index (χ1n) is 8.60. The number of nitrogens with one attached hydrogen (secondary N) is 1. The molecular formula is C18H23N3O4S2. The molecule has 0 bridgehead atoms. The molecule has 1 aromatic heterocycles. The van der Waals surface area contributed by atoms with Crippen molar-refractivity contribution < 1.29 is 16.8 Å². The minimum Gasteiger partial charge on any atom is -0.254 e. The number of benzene rings is 1. The van der Waals surface area contributed by atoms with E-state index >= 15 is 0 Å². The Hall–Kier alpha value is -1.97. The molecule has 0 atom stereocenters. The van der Waals surface area contributed by atoms with E-state index in [-0.39, 0.29) is 11.4 Å². The molecule has 0 fully saturated rings. The lowest BCUT2D eigenvalue weighted by atomic mass is 10.0. The molecule has 0 spiro atoms. The van der Waals surface area contributed by atoms with Crippen molar-refractivity contribution in [1.82, 2.24) is 9.29 Å². The highest BCUT2D eigenvalue weighted by atomic mass is 32.2. The molecule has 0 unspecified atom stereocenters. The van der Waals surface area contributed by atoms with Crippen molar-refractivity contribution in [3.05, 3.63) is 52.7 Å². The lowest BCUT2D eigenvalue weighted by Crippen LogP contribution is -2.37. The van der Waals surface area contributed by atoms with Crippen molar-refractivity contribution in [2.24, 2.45) is 0 Å². The summed E-state index contributed by atoms with van der Waals surface area (Å²) in [6.07, 6.45) is 2.16. The predicted molar refractivity (Wildman–Crippen MR) is 105 cm³/mol. The molecule has 0 aliphatic carbocycles. The Morgan fingerprint density at radius 3 is 2.26 bits per heavy atom. The zero-order chi connectivity index (χ0) is 19.8. The summed E-state index contributed by atoms with van der Waals surface area (Å²) < 4.78 is 53.0. The van der Waals surface area contributed by atoms with Crippen LogP contribution in [0.2, 0.25) is 0 Å². The van der Waals surface area contributed by atoms with Crippen LogP contribution in [0, 0.1) is 13.8 Å². The van der Waals surface area contributed by atoms with Crippen LogP contribution in [0.1, 0.15) is 22.4 Å². The first kappa shape index (κ1) is 19.8. The molecule has 0 saturated carbocycles. The fourth-order valence-electron chi connectivity index (χ4n) is 3.24. The molecule has 146 valence electrons. The molecular weight excluding hydrogens is 386 g/mol. The maximum Gasteiger partial charge on any atom is 0.302 e. The highest BCUT2D eigenvalue weighted by molar-refractivity contribution is 7.90. The molecule has 1 aromatic carbocycles. The molecule has 0 radical (unpaired) electrons. The summed E-state index contributed by atoms with van der Waals surface area (Å²) in [5.41, 5.74) is 3.52. The lowest BCUT2D eigenvalue weighted by molar-refractivity contribution is 0.430. The summed E-state index contributed by atoms with van der Waals surface area (Å²) >= 11 is 0. The highest BCUT2D eigenvalue weighted by Gasteiger charge is 2.25. The van der Waals surface area contributed by atoms with Crippen LogP contribution in [0.3, 0.4) is 0 Å². The van der Waals surface area contributed by atoms with Gasteiger partial charge in [-0.25, -0.2) is 13.4 Å². The third-order valence-electron chi connectivity index (χ3n) is 4.54. The first-order chi connectivity index (χ1) is 12.5. The number of pyridine rings is 1. The van der Waals surface area contributed by atoms with Gasteiger partial charge < -0.3 is 0 Å². The van der Waals surface area contributed by atoms with Crippen molar-refractivity contribution in [2.45, 2.75) is 31.6 Å². The van der Waals surface area contributed by atoms with Crippen LogP contribution in [0.4, 0.5) is 5.82 Å². The standard InChI is InChI=1S/C18H23N3O4S2/c1-13-10-14(2)19-18(11-13)20-27(24,25)21-8-6-15-4-5-17(26(3,22)23)12-16(15)7-9-21/h4-5,10-12H,6-9H2,1-3H3,(H,19,20). The fourth-order valence-corrected chi connectivity index (χ4v) is 5.08. The quantitative estimate of drug-likeness (QED) is 0.831. The van der Waals surface area contributed by atoms with Gasteiger partial charge in [0, 0.05) is 25.0 Å². The number of hydrogen-bond donors (Lipinski definition) is 1. The Kier molecular flexibility index (Phi) is 5.29. The average Bonchev–Trinajstić information content (AvgIpc) is 2.74. The van der Waals surface area contributed by atoms with Gasteiger partial charge >= 0.3 is 10.2 Å². The topological polar surface area (TPSA) is 96.4 Å². The van der Waals surface area contributed by atoms with Crippen LogP contribution in [0.25, 0.3) is 0 Å². The third kappa shape index (κ3) is 4.66. The zero-order valence-corrected chi connectivity index (χ0v) is 17.2. The van der Waals surface area contributed by atoms with E-state index in [0.29, 0.717) is 25.2 Å². The second kappa shape index (κ2) is 7.21. The molecule has 27 heavy (non-hydrogen) atoms. The summed E-state index contributed by atoms with van der Waals surface area (Å²) in [7, 11) is -7.04. The molecule has 0 amide bonds. The van der Waals surface area contributed by atoms with Crippen molar-refractivity contribution in [2.75, 3.05) is 24.1 Å². The Morgan fingerprint density at radius 2 is 1.63 bits per heavy atom. The molecule has 2 aromatic rings. The minimum atomic E-state index is -3.75. The van der Waals surface area contributed by atoms with Gasteiger partial charge in [-0.15, -0.1) is 0 Å². The van der Waals surface area contributed by atoms with E-state index < -0.39 is 20.0 Å². The van der Waals surface area contributed by atoms with Crippen LogP contribution < -0.4 is 4.72 Å². The summed E-state index contributed by atoms with van der Waals surface area (Å²) in [5, 5.41) is 0. The summed E-state index contributed by atoms with van der Waals surface area (Å²) in [6, 6.07) is 8.58. The maximum atomic E-state index is 12.8. The van der Waals surface area contributed by atoms with E-state index in [4.69, 9.17) is 0 Å². The number of hydrogen-bond acceptors (Lipinski definition) is 5. The van der Waals surface area contributed by atoms with Gasteiger partial charge in [-0.3, -0.25) is 4.72 Å². The van der Waals surface area contributed by atoms with Gasteiger partial charge in [-0.1, -0.05) is 6.07 Å². The molecule has 7 nitrogen and oxygen atoms in total. The van der Waals surface area contributed by atoms with E-state index in [0.717, 1.165) is 22.4 Å². The van der Waals surface area contributed by atoms with Gasteiger partial charge in [-0.2, -0.15) is 12.7 Å². The van der Waals surface area contributed by atoms with Gasteiger partial charge in [0.2, 0.25) is 0 Å². The van der Waals surface area contributed by atoms with E-state index in [1.165, 1.54) is 10.6 Å². The predicted octanol–water partition coefficient (Wildman–Crippen LogP) is 1.86. The second-order valence-corrected chi connectivity index (χ2v) is 10.6. The Morgan fingerprint density at radius 1 is 0.963 bits per heavy atom. The van der Waals surface area contributed by atoms with Crippen LogP contribution >= 0.6 is 0 Å². The van der Waals surface area contributed by atoms with Gasteiger partial charge in [0.05, 0.1) is 4.90 Å². The van der Waals surface area contributed by atoms with Crippen LogP contribution in [0.5, 0.6) is 0 Å². The summed E-state index contributed by atoms with van der Waals surface area (Å²) in [5.74, 6) is 0.300. The van der Waals surface area contributed by atoms with Crippen molar-refractivity contribution in [3.8, 4) is 0 Å². The molecule has 0 saturated heterocycles. The fraction of sp³-hybridized carbons (Fsp3) is 0.389. The van der Waals surface area contributed by atoms with Gasteiger partial charge in [0.25, 0.3) is 0 Å². The number of fused-ring (bicyclic) bond motifs is 1. The first-order valence-corrected chi connectivity index (χ1v) is 11.9. The third-order valence-corrected chi connectivity index (χ3v) is 7.16. The summed E-state index contributed by atoms with van der Waals surface area (Å²) in [4.78, 5) is 4.49. The lowest BCUT2D eigenvalue weighted by Gasteiger charge is -2.20. The molecule has 9 heteroatoms. The smallest absolute Gasteiger partial charge is 0.254 e. The number of rotatable bonds is 4. The summed E-state index contributed by atoms with van der Waals surface area (Å²) in [6.45, 7) is 4.30. The monoisotopic (exact) mass is 409 g/mol. The average molecular weight is 410 g/mol. The van der Waals surface area contributed by atoms with E-state index in [1.54, 1.807) is 24.3 Å². The second-order valence-electron chi connectivity index (χ2n) is 6.88. The molecule has 1 aliphatic rings. The van der Waals surface area contributed by atoms with Crippen molar-refractivity contribution >= 4 is 25.9 Å². The van der Waals surface area contributed by atoms with Crippen LogP contribution in [0.15, 0.2) is 35.2 Å². The number of sulfone groups is 1. The Bertz CT molecular complexity index is 1060. The largest absolute Gasteiger partial charge is 0.302 e. The molecule has 3 rings (SSSR count). The van der Waals surface area contributed by atoms with Crippen LogP contribution in [-0.4, -0.2) is 45.5 Å². The van der Waals surface area contributed by atoms with E-state index in [9.17, 15) is 16.8 Å². The normalized spacial score (nSPS) is 15.8. The highest BCUT2D eigenvalue weighted by Crippen LogP contribution is 2.22. The minimum absolute atomic E-state index is 0.259. The van der Waals surface area contributed by atoms with Crippen molar-refractivity contribution in [1.29, 1.82) is 0 Å². The van der Waals surface area contributed by atoms with Gasteiger partial charge in [0.15, 0.2) is 9.84 Å². The number of aromatic nitrogens is 1. The molecule has 1 aliphatic heterocycles. The Balaban J connectivity index is 1.81. The Labute approximate surface area is 160 Å². The van der Waals surface area contributed by atoms with E-state index in [1.807, 2.05) is 19.9 Å². The number of nitrogens with zero attached hydrogens (tertiary/aromatic N) is 2. The maximum absolute atomic E-state index is 12.8.